The van der Waals surface area contributed by atoms with Gasteiger partial charge in [-0.3, -0.25) is 9.69 Å². The highest BCUT2D eigenvalue weighted by Gasteiger charge is 2.22. The van der Waals surface area contributed by atoms with E-state index in [1.807, 2.05) is 18.2 Å². The zero-order chi connectivity index (χ0) is 20.1. The fourth-order valence-corrected chi connectivity index (χ4v) is 3.63. The maximum absolute atomic E-state index is 12.5. The van der Waals surface area contributed by atoms with Crippen molar-refractivity contribution in [2.24, 2.45) is 0 Å². The van der Waals surface area contributed by atoms with Crippen molar-refractivity contribution in [3.05, 3.63) is 59.2 Å². The molecule has 1 fully saturated rings. The summed E-state index contributed by atoms with van der Waals surface area (Å²) in [5, 5.41) is 12.9. The number of nitrogens with one attached hydrogen (secondary N) is 1. The van der Waals surface area contributed by atoms with Gasteiger partial charge in [0.25, 0.3) is 5.91 Å². The first-order valence-electron chi connectivity index (χ1n) is 9.56. The van der Waals surface area contributed by atoms with Crippen molar-refractivity contribution in [1.29, 1.82) is 0 Å². The summed E-state index contributed by atoms with van der Waals surface area (Å²) in [6.07, 6.45) is 0.429. The molecule has 2 unspecified atom stereocenters. The molecule has 0 aromatic heterocycles. The van der Waals surface area contributed by atoms with E-state index in [9.17, 15) is 9.90 Å². The summed E-state index contributed by atoms with van der Waals surface area (Å²) in [5.74, 6) is 0.126. The molecule has 2 aromatic carbocycles. The number of morpholine rings is 1. The molecule has 1 saturated heterocycles. The first-order chi connectivity index (χ1) is 13.5. The van der Waals surface area contributed by atoms with Gasteiger partial charge in [-0.2, -0.15) is 0 Å². The van der Waals surface area contributed by atoms with Crippen molar-refractivity contribution in [2.45, 2.75) is 39.1 Å². The fourth-order valence-electron chi connectivity index (χ4n) is 3.63. The summed E-state index contributed by atoms with van der Waals surface area (Å²) in [6.45, 7) is 7.17. The van der Waals surface area contributed by atoms with Crippen molar-refractivity contribution < 1.29 is 19.4 Å². The van der Waals surface area contributed by atoms with E-state index in [-0.39, 0.29) is 29.4 Å². The Morgan fingerprint density at radius 3 is 2.54 bits per heavy atom. The number of nitrogens with zero attached hydrogens (tertiary/aromatic N) is 1. The van der Waals surface area contributed by atoms with Crippen LogP contribution in [0.1, 0.15) is 35.3 Å². The number of methoxy groups -OCH3 is 1. The summed E-state index contributed by atoms with van der Waals surface area (Å²) in [7, 11) is 1.53. The van der Waals surface area contributed by atoms with Gasteiger partial charge in [0, 0.05) is 26.2 Å². The van der Waals surface area contributed by atoms with Crippen LogP contribution in [-0.4, -0.2) is 48.3 Å². The average Bonchev–Trinajstić information content (AvgIpc) is 2.66. The summed E-state index contributed by atoms with van der Waals surface area (Å²) < 4.78 is 10.9. The Labute approximate surface area is 166 Å². The highest BCUT2D eigenvalue weighted by molar-refractivity contribution is 5.97. The first-order valence-corrected chi connectivity index (χ1v) is 9.56. The summed E-state index contributed by atoms with van der Waals surface area (Å²) >= 11 is 0. The Morgan fingerprint density at radius 1 is 1.18 bits per heavy atom. The predicted octanol–water partition coefficient (Wildman–Crippen LogP) is 2.94. The van der Waals surface area contributed by atoms with Crippen LogP contribution in [0.3, 0.4) is 0 Å². The van der Waals surface area contributed by atoms with Crippen molar-refractivity contribution in [3.8, 4) is 11.5 Å². The number of hydrogen-bond donors (Lipinski definition) is 2. The second kappa shape index (κ2) is 9.08. The molecular weight excluding hydrogens is 356 g/mol. The number of phenols is 1. The van der Waals surface area contributed by atoms with E-state index in [4.69, 9.17) is 9.47 Å². The van der Waals surface area contributed by atoms with Gasteiger partial charge in [-0.05, 0) is 43.2 Å². The minimum atomic E-state index is -0.333. The summed E-state index contributed by atoms with van der Waals surface area (Å²) in [6, 6.07) is 12.7. The van der Waals surface area contributed by atoms with Crippen LogP contribution < -0.4 is 10.1 Å². The molecule has 1 amide bonds. The number of rotatable bonds is 6. The van der Waals surface area contributed by atoms with Crippen molar-refractivity contribution in [3.63, 3.8) is 0 Å². The van der Waals surface area contributed by atoms with E-state index in [2.05, 4.69) is 30.1 Å². The zero-order valence-corrected chi connectivity index (χ0v) is 16.6. The van der Waals surface area contributed by atoms with Gasteiger partial charge in [-0.1, -0.05) is 24.3 Å². The third-order valence-electron chi connectivity index (χ3n) is 4.90. The van der Waals surface area contributed by atoms with Crippen molar-refractivity contribution >= 4 is 5.91 Å². The molecule has 1 aliphatic heterocycles. The standard InChI is InChI=1S/C22H28N2O4/c1-15-12-24(13-16(2)28-15)14-18-7-5-4-6-17(18)11-23-22(26)20-10-19(27-3)8-9-21(20)25/h4-10,15-16,25H,11-14H2,1-3H3,(H,23,26). The number of ether oxygens (including phenoxy) is 2. The quantitative estimate of drug-likeness (QED) is 0.801. The monoisotopic (exact) mass is 384 g/mol. The molecule has 3 rings (SSSR count). The van der Waals surface area contributed by atoms with E-state index in [0.717, 1.165) is 25.2 Å². The van der Waals surface area contributed by atoms with E-state index in [0.29, 0.717) is 12.3 Å². The lowest BCUT2D eigenvalue weighted by atomic mass is 10.1. The number of carbonyl (C=O) groups excluding carboxylic acids is 1. The molecule has 2 N–H and O–H groups in total. The van der Waals surface area contributed by atoms with Gasteiger partial charge in [0.1, 0.15) is 11.5 Å². The summed E-state index contributed by atoms with van der Waals surface area (Å²) in [4.78, 5) is 14.9. The van der Waals surface area contributed by atoms with Crippen LogP contribution in [0.25, 0.3) is 0 Å². The summed E-state index contributed by atoms with van der Waals surface area (Å²) in [5.41, 5.74) is 2.44. The number of hydrogen-bond acceptors (Lipinski definition) is 5. The van der Waals surface area contributed by atoms with Gasteiger partial charge in [0.05, 0.1) is 24.9 Å². The van der Waals surface area contributed by atoms with Gasteiger partial charge < -0.3 is 19.9 Å². The van der Waals surface area contributed by atoms with Crippen LogP contribution >= 0.6 is 0 Å². The Kier molecular flexibility index (Phi) is 6.54. The normalized spacial score (nSPS) is 20.0. The minimum absolute atomic E-state index is 0.0668. The third kappa shape index (κ3) is 5.03. The Hall–Kier alpha value is -2.57. The molecule has 0 spiro atoms. The zero-order valence-electron chi connectivity index (χ0n) is 16.6. The van der Waals surface area contributed by atoms with Gasteiger partial charge in [0.2, 0.25) is 0 Å². The van der Waals surface area contributed by atoms with Gasteiger partial charge in [0.15, 0.2) is 0 Å². The largest absolute Gasteiger partial charge is 0.507 e. The lowest BCUT2D eigenvalue weighted by Gasteiger charge is -2.35. The SMILES string of the molecule is COc1ccc(O)c(C(=O)NCc2ccccc2CN2CC(C)OC(C)C2)c1. The molecule has 1 aliphatic rings. The van der Waals surface area contributed by atoms with Crippen LogP contribution in [0, 0.1) is 0 Å². The van der Waals surface area contributed by atoms with Crippen LogP contribution in [0.2, 0.25) is 0 Å². The van der Waals surface area contributed by atoms with E-state index < -0.39 is 0 Å². The molecule has 1 heterocycles. The average molecular weight is 384 g/mol. The Bertz CT molecular complexity index is 814. The molecule has 0 saturated carbocycles. The van der Waals surface area contributed by atoms with Crippen LogP contribution in [0.5, 0.6) is 11.5 Å². The van der Waals surface area contributed by atoms with Gasteiger partial charge in [-0.15, -0.1) is 0 Å². The van der Waals surface area contributed by atoms with Gasteiger partial charge >= 0.3 is 0 Å². The first kappa shape index (κ1) is 20.2. The van der Waals surface area contributed by atoms with E-state index in [1.54, 1.807) is 6.07 Å². The molecule has 6 heteroatoms. The van der Waals surface area contributed by atoms with Crippen LogP contribution in [0.4, 0.5) is 0 Å². The van der Waals surface area contributed by atoms with E-state index in [1.165, 1.54) is 24.8 Å². The number of benzene rings is 2. The molecule has 0 aliphatic carbocycles. The maximum atomic E-state index is 12.5. The number of phenolic OH excluding ortho intramolecular Hbond substituents is 1. The van der Waals surface area contributed by atoms with Gasteiger partial charge in [-0.25, -0.2) is 0 Å². The fraction of sp³-hybridized carbons (Fsp3) is 0.409. The molecule has 150 valence electrons. The number of amides is 1. The maximum Gasteiger partial charge on any atom is 0.255 e. The topological polar surface area (TPSA) is 71.0 Å². The molecule has 6 nitrogen and oxygen atoms in total. The molecule has 2 atom stereocenters. The Balaban J connectivity index is 1.67. The molecule has 2 aromatic rings. The number of carbonyl (C=O) groups is 1. The predicted molar refractivity (Wildman–Crippen MR) is 108 cm³/mol. The molecule has 0 radical (unpaired) electrons. The van der Waals surface area contributed by atoms with E-state index >= 15 is 0 Å². The second-order valence-electron chi connectivity index (χ2n) is 7.29. The molecule has 28 heavy (non-hydrogen) atoms. The second-order valence-corrected chi connectivity index (χ2v) is 7.29. The lowest BCUT2D eigenvalue weighted by Crippen LogP contribution is -2.45. The highest BCUT2D eigenvalue weighted by Crippen LogP contribution is 2.23. The van der Waals surface area contributed by atoms with Crippen LogP contribution in [0.15, 0.2) is 42.5 Å². The Morgan fingerprint density at radius 2 is 1.86 bits per heavy atom. The smallest absolute Gasteiger partial charge is 0.255 e. The molecule has 0 bridgehead atoms. The molecular formula is C22H28N2O4. The third-order valence-corrected chi connectivity index (χ3v) is 4.90. The van der Waals surface area contributed by atoms with Crippen molar-refractivity contribution in [1.82, 2.24) is 10.2 Å². The van der Waals surface area contributed by atoms with Crippen LogP contribution in [-0.2, 0) is 17.8 Å². The highest BCUT2D eigenvalue weighted by atomic mass is 16.5. The van der Waals surface area contributed by atoms with Crippen molar-refractivity contribution in [2.75, 3.05) is 20.2 Å². The minimum Gasteiger partial charge on any atom is -0.507 e. The lowest BCUT2D eigenvalue weighted by molar-refractivity contribution is -0.0705. The number of aromatic hydroxyl groups is 1.